The van der Waals surface area contributed by atoms with E-state index < -0.39 is 0 Å². The molecule has 1 aromatic carbocycles. The van der Waals surface area contributed by atoms with E-state index in [1.165, 1.54) is 6.42 Å². The molecule has 1 saturated heterocycles. The number of urea groups is 1. The fourth-order valence-corrected chi connectivity index (χ4v) is 2.91. The highest BCUT2D eigenvalue weighted by molar-refractivity contribution is 5.99. The van der Waals surface area contributed by atoms with Gasteiger partial charge in [-0.05, 0) is 37.8 Å². The Labute approximate surface area is 125 Å². The second-order valence-corrected chi connectivity index (χ2v) is 5.95. The number of nitrogens with zero attached hydrogens (tertiary/aromatic N) is 2. The summed E-state index contributed by atoms with van der Waals surface area (Å²) in [5.74, 6) is 0.581. The monoisotopic (exact) mass is 283 g/mol. The Kier molecular flexibility index (Phi) is 3.78. The van der Waals surface area contributed by atoms with Crippen LogP contribution < -0.4 is 5.32 Å². The van der Waals surface area contributed by atoms with Gasteiger partial charge in [0.25, 0.3) is 0 Å². The fraction of sp³-hybridized carbons (Fsp3) is 0.412. The minimum absolute atomic E-state index is 0.0163. The van der Waals surface area contributed by atoms with E-state index in [0.29, 0.717) is 5.92 Å². The summed E-state index contributed by atoms with van der Waals surface area (Å²) in [4.78, 5) is 18.9. The van der Waals surface area contributed by atoms with Gasteiger partial charge >= 0.3 is 6.03 Å². The molecule has 1 fully saturated rings. The highest BCUT2D eigenvalue weighted by atomic mass is 16.2. The predicted molar refractivity (Wildman–Crippen MR) is 85.5 cm³/mol. The Balaban J connectivity index is 1.84. The van der Waals surface area contributed by atoms with Crippen LogP contribution in [0.15, 0.2) is 30.3 Å². The van der Waals surface area contributed by atoms with E-state index in [1.54, 1.807) is 0 Å². The molecule has 110 valence electrons. The standard InChI is InChI=1S/C17H21N3O/c1-12-5-4-10-20(11-12)17(21)19-15-7-3-6-14-9-8-13(2)18-16(14)15/h3,6-9,12H,4-5,10-11H2,1-2H3,(H,19,21). The van der Waals surface area contributed by atoms with E-state index in [2.05, 4.69) is 17.2 Å². The molecule has 0 spiro atoms. The summed E-state index contributed by atoms with van der Waals surface area (Å²) in [5, 5.41) is 4.07. The summed E-state index contributed by atoms with van der Waals surface area (Å²) >= 11 is 0. The molecule has 1 N–H and O–H groups in total. The minimum atomic E-state index is -0.0163. The molecule has 0 radical (unpaired) electrons. The fourth-order valence-electron chi connectivity index (χ4n) is 2.91. The first-order valence-corrected chi connectivity index (χ1v) is 7.56. The second kappa shape index (κ2) is 5.72. The number of para-hydroxylation sites is 1. The molecule has 1 aliphatic heterocycles. The van der Waals surface area contributed by atoms with Crippen LogP contribution in [-0.4, -0.2) is 29.0 Å². The summed E-state index contributed by atoms with van der Waals surface area (Å²) in [6, 6.07) is 9.89. The maximum atomic E-state index is 12.4. The first kappa shape index (κ1) is 13.9. The third kappa shape index (κ3) is 2.99. The molecule has 21 heavy (non-hydrogen) atoms. The van der Waals surface area contributed by atoms with Crippen molar-refractivity contribution in [3.63, 3.8) is 0 Å². The smallest absolute Gasteiger partial charge is 0.321 e. The van der Waals surface area contributed by atoms with Gasteiger partial charge in [-0.15, -0.1) is 0 Å². The molecule has 0 bridgehead atoms. The number of pyridine rings is 1. The number of carbonyl (C=O) groups excluding carboxylic acids is 1. The van der Waals surface area contributed by atoms with Crippen LogP contribution in [0.25, 0.3) is 10.9 Å². The van der Waals surface area contributed by atoms with Crippen LogP contribution in [0.4, 0.5) is 10.5 Å². The minimum Gasteiger partial charge on any atom is -0.324 e. The number of carbonyl (C=O) groups is 1. The number of aryl methyl sites for hydroxylation is 1. The molecule has 1 aromatic heterocycles. The average Bonchev–Trinajstić information content (AvgIpc) is 2.48. The van der Waals surface area contributed by atoms with Crippen LogP contribution in [0.2, 0.25) is 0 Å². The lowest BCUT2D eigenvalue weighted by atomic mass is 10.0. The third-order valence-corrected chi connectivity index (χ3v) is 4.05. The molecule has 0 aliphatic carbocycles. The van der Waals surface area contributed by atoms with Crippen LogP contribution in [-0.2, 0) is 0 Å². The molecule has 4 heteroatoms. The van der Waals surface area contributed by atoms with Gasteiger partial charge in [0.05, 0.1) is 11.2 Å². The topological polar surface area (TPSA) is 45.2 Å². The molecular formula is C17H21N3O. The Morgan fingerprint density at radius 1 is 1.33 bits per heavy atom. The lowest BCUT2D eigenvalue weighted by Crippen LogP contribution is -2.41. The summed E-state index contributed by atoms with van der Waals surface area (Å²) in [6.45, 7) is 5.84. The Bertz CT molecular complexity index is 668. The van der Waals surface area contributed by atoms with Crippen molar-refractivity contribution in [2.75, 3.05) is 18.4 Å². The van der Waals surface area contributed by atoms with Gasteiger partial charge in [-0.2, -0.15) is 0 Å². The highest BCUT2D eigenvalue weighted by Crippen LogP contribution is 2.23. The van der Waals surface area contributed by atoms with E-state index >= 15 is 0 Å². The predicted octanol–water partition coefficient (Wildman–Crippen LogP) is 3.81. The molecule has 1 unspecified atom stereocenters. The number of likely N-dealkylation sites (tertiary alicyclic amines) is 1. The molecule has 2 amide bonds. The first-order chi connectivity index (χ1) is 10.1. The number of benzene rings is 1. The van der Waals surface area contributed by atoms with Gasteiger partial charge in [0.2, 0.25) is 0 Å². The third-order valence-electron chi connectivity index (χ3n) is 4.05. The summed E-state index contributed by atoms with van der Waals surface area (Å²) in [5.41, 5.74) is 2.60. The van der Waals surface area contributed by atoms with Gasteiger partial charge in [0.15, 0.2) is 0 Å². The number of hydrogen-bond acceptors (Lipinski definition) is 2. The number of aromatic nitrogens is 1. The molecule has 0 saturated carbocycles. The van der Waals surface area contributed by atoms with Crippen molar-refractivity contribution >= 4 is 22.6 Å². The number of anilines is 1. The number of piperidine rings is 1. The van der Waals surface area contributed by atoms with Gasteiger partial charge in [0.1, 0.15) is 0 Å². The normalized spacial score (nSPS) is 18.8. The van der Waals surface area contributed by atoms with Crippen LogP contribution in [0, 0.1) is 12.8 Å². The highest BCUT2D eigenvalue weighted by Gasteiger charge is 2.21. The van der Waals surface area contributed by atoms with Crippen molar-refractivity contribution < 1.29 is 4.79 Å². The average molecular weight is 283 g/mol. The van der Waals surface area contributed by atoms with Crippen LogP contribution >= 0.6 is 0 Å². The maximum Gasteiger partial charge on any atom is 0.321 e. The lowest BCUT2D eigenvalue weighted by molar-refractivity contribution is 0.182. The Morgan fingerprint density at radius 3 is 3.00 bits per heavy atom. The number of nitrogens with one attached hydrogen (secondary N) is 1. The maximum absolute atomic E-state index is 12.4. The number of fused-ring (bicyclic) bond motifs is 1. The van der Waals surface area contributed by atoms with Crippen LogP contribution in [0.5, 0.6) is 0 Å². The molecular weight excluding hydrogens is 262 g/mol. The van der Waals surface area contributed by atoms with Crippen molar-refractivity contribution in [2.24, 2.45) is 5.92 Å². The van der Waals surface area contributed by atoms with Crippen LogP contribution in [0.3, 0.4) is 0 Å². The molecule has 1 aliphatic rings. The number of hydrogen-bond donors (Lipinski definition) is 1. The van der Waals surface area contributed by atoms with Gasteiger partial charge in [0, 0.05) is 24.2 Å². The zero-order valence-electron chi connectivity index (χ0n) is 12.6. The van der Waals surface area contributed by atoms with Crippen molar-refractivity contribution in [3.8, 4) is 0 Å². The molecule has 3 rings (SSSR count). The second-order valence-electron chi connectivity index (χ2n) is 5.95. The zero-order chi connectivity index (χ0) is 14.8. The van der Waals surface area contributed by atoms with E-state index in [9.17, 15) is 4.79 Å². The SMILES string of the molecule is Cc1ccc2cccc(NC(=O)N3CCCC(C)C3)c2n1. The largest absolute Gasteiger partial charge is 0.324 e. The molecule has 1 atom stereocenters. The molecule has 4 nitrogen and oxygen atoms in total. The molecule has 2 heterocycles. The first-order valence-electron chi connectivity index (χ1n) is 7.56. The number of amides is 2. The van der Waals surface area contributed by atoms with Crippen molar-refractivity contribution in [1.29, 1.82) is 0 Å². The van der Waals surface area contributed by atoms with E-state index in [0.717, 1.165) is 41.8 Å². The quantitative estimate of drug-likeness (QED) is 0.865. The lowest BCUT2D eigenvalue weighted by Gasteiger charge is -2.31. The van der Waals surface area contributed by atoms with Crippen LogP contribution in [0.1, 0.15) is 25.5 Å². The van der Waals surface area contributed by atoms with Gasteiger partial charge in [-0.1, -0.05) is 25.1 Å². The summed E-state index contributed by atoms with van der Waals surface area (Å²) in [7, 11) is 0. The summed E-state index contributed by atoms with van der Waals surface area (Å²) < 4.78 is 0. The Morgan fingerprint density at radius 2 is 2.19 bits per heavy atom. The van der Waals surface area contributed by atoms with Crippen molar-refractivity contribution in [3.05, 3.63) is 36.0 Å². The van der Waals surface area contributed by atoms with Crippen molar-refractivity contribution in [1.82, 2.24) is 9.88 Å². The molecule has 2 aromatic rings. The Hall–Kier alpha value is -2.10. The van der Waals surface area contributed by atoms with E-state index in [-0.39, 0.29) is 6.03 Å². The number of rotatable bonds is 1. The van der Waals surface area contributed by atoms with Gasteiger partial charge < -0.3 is 10.2 Å². The van der Waals surface area contributed by atoms with Gasteiger partial charge in [-0.25, -0.2) is 4.79 Å². The van der Waals surface area contributed by atoms with E-state index in [4.69, 9.17) is 0 Å². The summed E-state index contributed by atoms with van der Waals surface area (Å²) in [6.07, 6.45) is 2.29. The van der Waals surface area contributed by atoms with Crippen molar-refractivity contribution in [2.45, 2.75) is 26.7 Å². The van der Waals surface area contributed by atoms with E-state index in [1.807, 2.05) is 42.2 Å². The zero-order valence-corrected chi connectivity index (χ0v) is 12.6. The van der Waals surface area contributed by atoms with Gasteiger partial charge in [-0.3, -0.25) is 4.98 Å².